The number of carbonyl (C=O) groups excluding carboxylic acids is 1. The molecule has 12 heteroatoms. The van der Waals surface area contributed by atoms with Crippen molar-refractivity contribution in [2.45, 2.75) is 45.9 Å². The van der Waals surface area contributed by atoms with Gasteiger partial charge < -0.3 is 19.7 Å². The van der Waals surface area contributed by atoms with Crippen molar-refractivity contribution in [1.82, 2.24) is 19.9 Å². The summed E-state index contributed by atoms with van der Waals surface area (Å²) in [7, 11) is 1.73. The Morgan fingerprint density at radius 2 is 2.09 bits per heavy atom. The lowest BCUT2D eigenvalue weighted by molar-refractivity contribution is -0.383. The predicted molar refractivity (Wildman–Crippen MR) is 122 cm³/mol. The average Bonchev–Trinajstić information content (AvgIpc) is 3.16. The Bertz CT molecular complexity index is 1190. The third-order valence-corrected chi connectivity index (χ3v) is 4.61. The molecular weight excluding hydrogens is 447 g/mol. The smallest absolute Gasteiger partial charge is 0.407 e. The van der Waals surface area contributed by atoms with Crippen LogP contribution in [0.1, 0.15) is 33.3 Å². The number of nitrogens with zero attached hydrogens (tertiary/aromatic N) is 5. The third kappa shape index (κ3) is 6.30. The minimum absolute atomic E-state index is 0.104. The minimum atomic E-state index is -0.614. The van der Waals surface area contributed by atoms with Crippen LogP contribution in [0.2, 0.25) is 0 Å². The van der Waals surface area contributed by atoms with Crippen molar-refractivity contribution in [3.05, 3.63) is 58.2 Å². The summed E-state index contributed by atoms with van der Waals surface area (Å²) < 4.78 is 26.5. The van der Waals surface area contributed by atoms with Crippen LogP contribution in [0.4, 0.5) is 20.7 Å². The number of hydrogen-bond donors (Lipinski definition) is 1. The van der Waals surface area contributed by atoms with Gasteiger partial charge in [0, 0.05) is 25.4 Å². The number of amides is 1. The minimum Gasteiger partial charge on any atom is -0.489 e. The van der Waals surface area contributed by atoms with Gasteiger partial charge in [-0.05, 0) is 52.0 Å². The molecule has 2 heterocycles. The maximum atomic E-state index is 14.0. The first kappa shape index (κ1) is 24.7. The predicted octanol–water partition coefficient (Wildman–Crippen LogP) is 3.71. The molecule has 1 atom stereocenters. The molecule has 0 unspecified atom stereocenters. The third-order valence-electron chi connectivity index (χ3n) is 4.61. The van der Waals surface area contributed by atoms with Gasteiger partial charge in [0.2, 0.25) is 5.65 Å². The number of rotatable bonds is 8. The number of ether oxygens (including phenoxy) is 2. The first-order valence-corrected chi connectivity index (χ1v) is 10.5. The zero-order chi connectivity index (χ0) is 25.0. The highest BCUT2D eigenvalue weighted by Crippen LogP contribution is 2.25. The number of nitrogens with one attached hydrogen (secondary N) is 1. The second-order valence-electron chi connectivity index (χ2n) is 8.76. The van der Waals surface area contributed by atoms with Crippen LogP contribution in [-0.4, -0.2) is 50.9 Å². The molecule has 0 aliphatic rings. The Morgan fingerprint density at radius 3 is 2.76 bits per heavy atom. The standard InChI is InChI=1S/C22H27FN6O5/c1-14(11-24-21(30)34-22(2,3)4)33-18-7-6-16(23)10-15(18)13-27(5)19-8-9-28-20(26-19)17(12-25-28)29(31)32/h6-10,12,14H,11,13H2,1-5H3,(H,24,30)/t14-/m0/s1. The van der Waals surface area contributed by atoms with E-state index in [0.717, 1.165) is 6.20 Å². The molecule has 1 amide bonds. The van der Waals surface area contributed by atoms with E-state index in [4.69, 9.17) is 9.47 Å². The molecule has 1 N–H and O–H groups in total. The summed E-state index contributed by atoms with van der Waals surface area (Å²) >= 11 is 0. The van der Waals surface area contributed by atoms with Crippen LogP contribution in [0.25, 0.3) is 5.65 Å². The molecule has 0 bridgehead atoms. The SMILES string of the molecule is C[C@@H](CNC(=O)OC(C)(C)C)Oc1ccc(F)cc1CN(C)c1ccn2ncc([N+](=O)[O-])c2n1. The summed E-state index contributed by atoms with van der Waals surface area (Å²) in [6, 6.07) is 5.80. The number of alkyl carbamates (subject to hydrolysis) is 1. The number of anilines is 1. The van der Waals surface area contributed by atoms with Gasteiger partial charge in [-0.25, -0.2) is 18.7 Å². The first-order valence-electron chi connectivity index (χ1n) is 10.5. The molecule has 0 fully saturated rings. The van der Waals surface area contributed by atoms with Gasteiger partial charge in [-0.3, -0.25) is 10.1 Å². The molecule has 3 rings (SSSR count). The van der Waals surface area contributed by atoms with E-state index in [0.29, 0.717) is 17.1 Å². The summed E-state index contributed by atoms with van der Waals surface area (Å²) in [4.78, 5) is 28.6. The van der Waals surface area contributed by atoms with Crippen LogP contribution < -0.4 is 15.0 Å². The van der Waals surface area contributed by atoms with E-state index in [1.165, 1.54) is 22.7 Å². The molecule has 0 spiro atoms. The van der Waals surface area contributed by atoms with Crippen LogP contribution >= 0.6 is 0 Å². The molecular formula is C22H27FN6O5. The van der Waals surface area contributed by atoms with Gasteiger partial charge in [0.1, 0.15) is 35.3 Å². The van der Waals surface area contributed by atoms with Gasteiger partial charge in [-0.1, -0.05) is 0 Å². The average molecular weight is 474 g/mol. The Labute approximate surface area is 195 Å². The topological polar surface area (TPSA) is 124 Å². The molecule has 182 valence electrons. The first-order chi connectivity index (χ1) is 15.9. The number of carbonyl (C=O) groups is 1. The van der Waals surface area contributed by atoms with Crippen molar-refractivity contribution in [3.63, 3.8) is 0 Å². The second kappa shape index (κ2) is 9.89. The van der Waals surface area contributed by atoms with E-state index in [2.05, 4.69) is 15.4 Å². The molecule has 3 aromatic rings. The van der Waals surface area contributed by atoms with Crippen LogP contribution in [0.15, 0.2) is 36.7 Å². The number of hydrogen-bond acceptors (Lipinski definition) is 8. The highest BCUT2D eigenvalue weighted by Gasteiger charge is 2.20. The van der Waals surface area contributed by atoms with Crippen LogP contribution in [-0.2, 0) is 11.3 Å². The Morgan fingerprint density at radius 1 is 1.35 bits per heavy atom. The molecule has 0 aliphatic heterocycles. The lowest BCUT2D eigenvalue weighted by atomic mass is 10.1. The second-order valence-corrected chi connectivity index (χ2v) is 8.76. The van der Waals surface area contributed by atoms with E-state index in [1.807, 2.05) is 0 Å². The van der Waals surface area contributed by atoms with Crippen molar-refractivity contribution in [1.29, 1.82) is 0 Å². The molecule has 0 radical (unpaired) electrons. The summed E-state index contributed by atoms with van der Waals surface area (Å²) in [5.41, 5.74) is -0.184. The number of halogens is 1. The summed E-state index contributed by atoms with van der Waals surface area (Å²) in [5, 5.41) is 17.8. The van der Waals surface area contributed by atoms with Gasteiger partial charge in [0.05, 0.1) is 11.5 Å². The van der Waals surface area contributed by atoms with Crippen LogP contribution in [0, 0.1) is 15.9 Å². The zero-order valence-electron chi connectivity index (χ0n) is 19.6. The van der Waals surface area contributed by atoms with E-state index in [-0.39, 0.29) is 24.4 Å². The van der Waals surface area contributed by atoms with Crippen molar-refractivity contribution in [3.8, 4) is 5.75 Å². The largest absolute Gasteiger partial charge is 0.489 e. The fraction of sp³-hybridized carbons (Fsp3) is 0.409. The monoisotopic (exact) mass is 474 g/mol. The van der Waals surface area contributed by atoms with E-state index < -0.39 is 28.5 Å². The number of benzene rings is 1. The fourth-order valence-corrected chi connectivity index (χ4v) is 3.11. The maximum absolute atomic E-state index is 14.0. The van der Waals surface area contributed by atoms with Crippen molar-refractivity contribution >= 4 is 23.2 Å². The highest BCUT2D eigenvalue weighted by atomic mass is 19.1. The van der Waals surface area contributed by atoms with Gasteiger partial charge in [-0.2, -0.15) is 5.10 Å². The number of aromatic nitrogens is 3. The maximum Gasteiger partial charge on any atom is 0.407 e. The molecule has 0 aliphatic carbocycles. The van der Waals surface area contributed by atoms with Crippen molar-refractivity contribution in [2.24, 2.45) is 0 Å². The number of fused-ring (bicyclic) bond motifs is 1. The summed E-state index contributed by atoms with van der Waals surface area (Å²) in [6.07, 6.45) is 1.72. The van der Waals surface area contributed by atoms with Crippen molar-refractivity contribution < 1.29 is 23.6 Å². The molecule has 11 nitrogen and oxygen atoms in total. The highest BCUT2D eigenvalue weighted by molar-refractivity contribution is 5.67. The van der Waals surface area contributed by atoms with Crippen molar-refractivity contribution in [2.75, 3.05) is 18.5 Å². The summed E-state index contributed by atoms with van der Waals surface area (Å²) in [6.45, 7) is 7.47. The Hall–Kier alpha value is -3.96. The van der Waals surface area contributed by atoms with E-state index >= 15 is 0 Å². The van der Waals surface area contributed by atoms with Crippen LogP contribution in [0.3, 0.4) is 0 Å². The van der Waals surface area contributed by atoms with E-state index in [9.17, 15) is 19.3 Å². The Kier molecular flexibility index (Phi) is 7.18. The molecule has 1 aromatic carbocycles. The fourth-order valence-electron chi connectivity index (χ4n) is 3.11. The van der Waals surface area contributed by atoms with Gasteiger partial charge in [-0.15, -0.1) is 0 Å². The Balaban J connectivity index is 1.72. The molecule has 0 saturated heterocycles. The molecule has 0 saturated carbocycles. The molecule has 34 heavy (non-hydrogen) atoms. The van der Waals surface area contributed by atoms with Gasteiger partial charge in [0.25, 0.3) is 0 Å². The van der Waals surface area contributed by atoms with Crippen LogP contribution in [0.5, 0.6) is 5.75 Å². The summed E-state index contributed by atoms with van der Waals surface area (Å²) in [5.74, 6) is 0.430. The normalized spacial score (nSPS) is 12.3. The van der Waals surface area contributed by atoms with Gasteiger partial charge in [0.15, 0.2) is 0 Å². The number of nitro groups is 1. The molecule has 2 aromatic heterocycles. The zero-order valence-corrected chi connectivity index (χ0v) is 19.6. The van der Waals surface area contributed by atoms with Gasteiger partial charge >= 0.3 is 11.8 Å². The lowest BCUT2D eigenvalue weighted by Gasteiger charge is -2.23. The lowest BCUT2D eigenvalue weighted by Crippen LogP contribution is -2.37. The quantitative estimate of drug-likeness (QED) is 0.387. The van der Waals surface area contributed by atoms with E-state index in [1.54, 1.807) is 51.9 Å².